The van der Waals surface area contributed by atoms with E-state index in [1.54, 1.807) is 28.9 Å². The summed E-state index contributed by atoms with van der Waals surface area (Å²) in [7, 11) is 0. The number of ether oxygens (including phenoxy) is 1. The molecule has 5 aromatic rings. The maximum Gasteiger partial charge on any atom is 0.253 e. The minimum absolute atomic E-state index is 0.0119. The fourth-order valence-electron chi connectivity index (χ4n) is 3.91. The van der Waals surface area contributed by atoms with Gasteiger partial charge in [-0.15, -0.1) is 34.0 Å². The van der Waals surface area contributed by atoms with Gasteiger partial charge in [0, 0.05) is 39.2 Å². The van der Waals surface area contributed by atoms with E-state index in [2.05, 4.69) is 15.3 Å². The Kier molecular flexibility index (Phi) is 5.57. The third-order valence-corrected chi connectivity index (χ3v) is 9.11. The lowest BCUT2D eigenvalue weighted by Crippen LogP contribution is -2.25. The van der Waals surface area contributed by atoms with E-state index in [0.29, 0.717) is 11.6 Å². The second-order valence-electron chi connectivity index (χ2n) is 8.38. The number of hydrogen-bond donors (Lipinski definition) is 2. The highest BCUT2D eigenvalue weighted by atomic mass is 32.1. The predicted octanol–water partition coefficient (Wildman–Crippen LogP) is 6.37. The molecule has 9 heteroatoms. The monoisotopic (exact) mass is 507 g/mol. The van der Waals surface area contributed by atoms with Crippen LogP contribution in [0.3, 0.4) is 0 Å². The van der Waals surface area contributed by atoms with Crippen molar-refractivity contribution in [3.63, 3.8) is 0 Å². The van der Waals surface area contributed by atoms with Crippen molar-refractivity contribution in [3.8, 4) is 21.4 Å². The summed E-state index contributed by atoms with van der Waals surface area (Å²) in [4.78, 5) is 23.7. The molecule has 0 saturated heterocycles. The summed E-state index contributed by atoms with van der Waals surface area (Å²) in [5, 5.41) is 16.1. The number of fused-ring (bicyclic) bond motifs is 2. The highest BCUT2D eigenvalue weighted by molar-refractivity contribution is 7.25. The van der Waals surface area contributed by atoms with Crippen LogP contribution in [-0.2, 0) is 6.61 Å². The average molecular weight is 508 g/mol. The molecule has 0 unspecified atom stereocenters. The highest BCUT2D eigenvalue weighted by Gasteiger charge is 2.24. The summed E-state index contributed by atoms with van der Waals surface area (Å²) in [5.74, 6) is 2.11. The zero-order valence-electron chi connectivity index (χ0n) is 18.3. The molecule has 6 rings (SSSR count). The second kappa shape index (κ2) is 8.74. The van der Waals surface area contributed by atoms with E-state index in [0.717, 1.165) is 58.7 Å². The van der Waals surface area contributed by atoms with Crippen LogP contribution in [0.15, 0.2) is 41.9 Å². The number of carbonyl (C=O) groups excluding carboxylic acids is 1. The Morgan fingerprint density at radius 1 is 1.24 bits per heavy atom. The van der Waals surface area contributed by atoms with Gasteiger partial charge < -0.3 is 15.2 Å². The van der Waals surface area contributed by atoms with Crippen LogP contribution in [0, 0.1) is 12.8 Å². The van der Waals surface area contributed by atoms with Crippen LogP contribution in [0.2, 0.25) is 0 Å². The lowest BCUT2D eigenvalue weighted by molar-refractivity contribution is 0.0953. The first kappa shape index (κ1) is 21.7. The van der Waals surface area contributed by atoms with Crippen molar-refractivity contribution in [1.82, 2.24) is 15.3 Å². The summed E-state index contributed by atoms with van der Waals surface area (Å²) in [6.45, 7) is 2.69. The molecular formula is C25H21N3O3S3. The van der Waals surface area contributed by atoms with E-state index >= 15 is 0 Å². The molecule has 1 amide bonds. The molecule has 0 aliphatic heterocycles. The Balaban J connectivity index is 1.29. The fraction of sp³-hybridized carbons (Fsp3) is 0.240. The fourth-order valence-corrected chi connectivity index (χ4v) is 6.94. The molecule has 1 aliphatic carbocycles. The maximum absolute atomic E-state index is 12.8. The van der Waals surface area contributed by atoms with Crippen molar-refractivity contribution in [2.45, 2.75) is 26.4 Å². The molecule has 2 N–H and O–H groups in total. The van der Waals surface area contributed by atoms with Gasteiger partial charge in [0.05, 0.1) is 33.0 Å². The number of aliphatic hydroxyl groups excluding tert-OH is 1. The number of thiazole rings is 1. The van der Waals surface area contributed by atoms with Crippen molar-refractivity contribution in [1.29, 1.82) is 0 Å². The van der Waals surface area contributed by atoms with Gasteiger partial charge in [-0.05, 0) is 49.9 Å². The Bertz CT molecular complexity index is 1530. The first-order chi connectivity index (χ1) is 16.6. The smallest absolute Gasteiger partial charge is 0.253 e. The zero-order valence-corrected chi connectivity index (χ0v) is 20.8. The van der Waals surface area contributed by atoms with Gasteiger partial charge in [0.25, 0.3) is 5.91 Å². The van der Waals surface area contributed by atoms with Gasteiger partial charge in [0.2, 0.25) is 0 Å². The molecule has 0 bridgehead atoms. The number of nitrogens with zero attached hydrogens (tertiary/aromatic N) is 2. The van der Waals surface area contributed by atoms with E-state index in [9.17, 15) is 9.90 Å². The third-order valence-electron chi connectivity index (χ3n) is 5.84. The predicted molar refractivity (Wildman–Crippen MR) is 138 cm³/mol. The van der Waals surface area contributed by atoms with E-state index in [1.165, 1.54) is 24.2 Å². The number of nitrogens with one attached hydrogen (secondary N) is 1. The summed E-state index contributed by atoms with van der Waals surface area (Å²) >= 11 is 4.70. The third kappa shape index (κ3) is 4.09. The van der Waals surface area contributed by atoms with Gasteiger partial charge in [-0.3, -0.25) is 9.78 Å². The Morgan fingerprint density at radius 3 is 2.91 bits per heavy atom. The van der Waals surface area contributed by atoms with Crippen molar-refractivity contribution in [3.05, 3.63) is 58.0 Å². The van der Waals surface area contributed by atoms with Crippen LogP contribution in [0.5, 0.6) is 11.5 Å². The first-order valence-corrected chi connectivity index (χ1v) is 13.5. The lowest BCUT2D eigenvalue weighted by atomic mass is 10.1. The standard InChI is InChI=1S/C25H21N3O3S3/c1-13-22(24(30)27-10-14-2-3-14)17-5-4-16(8-20(17)33-13)31-19-6-7-26-18-9-21(34-23(18)19)25-28-15(11-29)12-32-25/h4-9,12,14,29H,2-3,10-11H2,1H3,(H,27,30). The molecule has 34 heavy (non-hydrogen) atoms. The van der Waals surface area contributed by atoms with E-state index in [-0.39, 0.29) is 12.5 Å². The normalized spacial score (nSPS) is 13.6. The van der Waals surface area contributed by atoms with Crippen LogP contribution in [0.1, 0.15) is 33.8 Å². The Hall–Kier alpha value is -2.85. The summed E-state index contributed by atoms with van der Waals surface area (Å²) in [6.07, 6.45) is 4.17. The first-order valence-electron chi connectivity index (χ1n) is 11.0. The molecule has 0 atom stereocenters. The topological polar surface area (TPSA) is 84.3 Å². The largest absolute Gasteiger partial charge is 0.456 e. The highest BCUT2D eigenvalue weighted by Crippen LogP contribution is 2.41. The van der Waals surface area contributed by atoms with Gasteiger partial charge in [0.15, 0.2) is 0 Å². The van der Waals surface area contributed by atoms with Crippen molar-refractivity contribution in [2.75, 3.05) is 6.54 Å². The second-order valence-corrected chi connectivity index (χ2v) is 11.5. The van der Waals surface area contributed by atoms with Gasteiger partial charge in [-0.25, -0.2) is 4.98 Å². The van der Waals surface area contributed by atoms with Crippen LogP contribution >= 0.6 is 34.0 Å². The number of carbonyl (C=O) groups is 1. The molecule has 1 aliphatic rings. The summed E-state index contributed by atoms with van der Waals surface area (Å²) in [6, 6.07) is 9.76. The number of thiophene rings is 2. The molecule has 172 valence electrons. The molecule has 0 spiro atoms. The maximum atomic E-state index is 12.8. The molecular weight excluding hydrogens is 486 g/mol. The molecule has 4 heterocycles. The number of aromatic nitrogens is 2. The number of benzene rings is 1. The van der Waals surface area contributed by atoms with Gasteiger partial charge >= 0.3 is 0 Å². The zero-order chi connectivity index (χ0) is 23.2. The summed E-state index contributed by atoms with van der Waals surface area (Å²) < 4.78 is 8.27. The number of pyridine rings is 1. The van der Waals surface area contributed by atoms with Crippen LogP contribution in [0.25, 0.3) is 30.2 Å². The van der Waals surface area contributed by atoms with Crippen LogP contribution < -0.4 is 10.1 Å². The van der Waals surface area contributed by atoms with E-state index in [1.807, 2.05) is 42.6 Å². The van der Waals surface area contributed by atoms with E-state index in [4.69, 9.17) is 4.74 Å². The van der Waals surface area contributed by atoms with Crippen molar-refractivity contribution >= 4 is 60.2 Å². The average Bonchev–Trinajstić information content (AvgIpc) is 3.22. The Morgan fingerprint density at radius 2 is 2.12 bits per heavy atom. The van der Waals surface area contributed by atoms with Crippen molar-refractivity contribution in [2.24, 2.45) is 5.92 Å². The number of aliphatic hydroxyl groups is 1. The van der Waals surface area contributed by atoms with Gasteiger partial charge in [0.1, 0.15) is 16.5 Å². The molecule has 4 aromatic heterocycles. The number of rotatable bonds is 7. The van der Waals surface area contributed by atoms with Gasteiger partial charge in [-0.1, -0.05) is 0 Å². The van der Waals surface area contributed by atoms with Crippen LogP contribution in [-0.4, -0.2) is 27.5 Å². The van der Waals surface area contributed by atoms with E-state index < -0.39 is 0 Å². The number of amides is 1. The molecule has 0 radical (unpaired) electrons. The van der Waals surface area contributed by atoms with Gasteiger partial charge in [-0.2, -0.15) is 0 Å². The number of aryl methyl sites for hydroxylation is 1. The molecule has 1 fully saturated rings. The molecule has 1 saturated carbocycles. The molecule has 1 aromatic carbocycles. The lowest BCUT2D eigenvalue weighted by Gasteiger charge is -2.07. The molecule has 6 nitrogen and oxygen atoms in total. The van der Waals surface area contributed by atoms with Crippen LogP contribution in [0.4, 0.5) is 0 Å². The minimum Gasteiger partial charge on any atom is -0.456 e. The quantitative estimate of drug-likeness (QED) is 0.267. The van der Waals surface area contributed by atoms with Crippen molar-refractivity contribution < 1.29 is 14.6 Å². The SMILES string of the molecule is Cc1sc2cc(Oc3ccnc4cc(-c5nc(CO)cs5)sc34)ccc2c1C(=O)NCC1CC1. The Labute approximate surface area is 207 Å². The minimum atomic E-state index is -0.0669. The number of hydrogen-bond acceptors (Lipinski definition) is 8. The summed E-state index contributed by atoms with van der Waals surface area (Å²) in [5.41, 5.74) is 2.29.